The van der Waals surface area contributed by atoms with Crippen molar-refractivity contribution in [1.29, 1.82) is 0 Å². The molecule has 1 aliphatic heterocycles. The summed E-state index contributed by atoms with van der Waals surface area (Å²) in [5.74, 6) is 0.782. The fourth-order valence-electron chi connectivity index (χ4n) is 3.35. The van der Waals surface area contributed by atoms with Crippen LogP contribution in [0.3, 0.4) is 0 Å². The van der Waals surface area contributed by atoms with Crippen molar-refractivity contribution in [3.8, 4) is 5.75 Å². The Bertz CT molecular complexity index is 781. The maximum Gasteiger partial charge on any atom is 0.253 e. The van der Waals surface area contributed by atoms with Crippen molar-refractivity contribution in [2.24, 2.45) is 0 Å². The maximum absolute atomic E-state index is 12.6. The summed E-state index contributed by atoms with van der Waals surface area (Å²) in [6.45, 7) is 7.38. The molecule has 1 heterocycles. The third-order valence-electron chi connectivity index (χ3n) is 4.74. The van der Waals surface area contributed by atoms with Crippen LogP contribution in [-0.4, -0.2) is 45.2 Å². The molecule has 2 aromatic carbocycles. The van der Waals surface area contributed by atoms with Crippen molar-refractivity contribution < 1.29 is 9.53 Å². The Balaban J connectivity index is 1.72. The summed E-state index contributed by atoms with van der Waals surface area (Å²) in [6.07, 6.45) is 0. The van der Waals surface area contributed by atoms with Gasteiger partial charge < -0.3 is 25.6 Å². The molecule has 2 aromatic rings. The van der Waals surface area contributed by atoms with Crippen LogP contribution in [0.2, 0.25) is 0 Å². The molecule has 1 fully saturated rings. The molecular formula is C21H28N4O2. The second-order valence-corrected chi connectivity index (χ2v) is 7.08. The number of ether oxygens (including phenoxy) is 1. The van der Waals surface area contributed by atoms with Gasteiger partial charge in [-0.25, -0.2) is 0 Å². The predicted molar refractivity (Wildman–Crippen MR) is 111 cm³/mol. The molecule has 0 radical (unpaired) electrons. The van der Waals surface area contributed by atoms with Gasteiger partial charge in [0.15, 0.2) is 0 Å². The molecule has 1 aliphatic rings. The summed E-state index contributed by atoms with van der Waals surface area (Å²) in [7, 11) is 1.67. The summed E-state index contributed by atoms with van der Waals surface area (Å²) in [6, 6.07) is 13.8. The fraction of sp³-hybridized carbons (Fsp3) is 0.381. The zero-order valence-electron chi connectivity index (χ0n) is 16.2. The SMILES string of the molecule is COc1ccc(N2CCN(c3ccc(N)cc3C(=O)NC(C)C)CC2)cc1. The Morgan fingerprint density at radius 3 is 2.26 bits per heavy atom. The second-order valence-electron chi connectivity index (χ2n) is 7.08. The Morgan fingerprint density at radius 2 is 1.67 bits per heavy atom. The van der Waals surface area contributed by atoms with Crippen LogP contribution in [-0.2, 0) is 0 Å². The van der Waals surface area contributed by atoms with Crippen LogP contribution in [0.1, 0.15) is 24.2 Å². The Kier molecular flexibility index (Phi) is 5.74. The molecule has 0 atom stereocenters. The number of carbonyl (C=O) groups excluding carboxylic acids is 1. The number of hydrogen-bond acceptors (Lipinski definition) is 5. The molecule has 6 nitrogen and oxygen atoms in total. The van der Waals surface area contributed by atoms with E-state index in [-0.39, 0.29) is 11.9 Å². The number of piperazine rings is 1. The Hall–Kier alpha value is -2.89. The Labute approximate surface area is 160 Å². The standard InChI is InChI=1S/C21H28N4O2/c1-15(2)23-21(26)19-14-16(22)4-9-20(19)25-12-10-24(11-13-25)17-5-7-18(27-3)8-6-17/h4-9,14-15H,10-13,22H2,1-3H3,(H,23,26). The zero-order valence-corrected chi connectivity index (χ0v) is 16.2. The fourth-order valence-corrected chi connectivity index (χ4v) is 3.35. The number of rotatable bonds is 5. The van der Waals surface area contributed by atoms with E-state index in [1.54, 1.807) is 13.2 Å². The number of nitrogens with two attached hydrogens (primary N) is 1. The third-order valence-corrected chi connectivity index (χ3v) is 4.74. The van der Waals surface area contributed by atoms with Gasteiger partial charge in [-0.2, -0.15) is 0 Å². The van der Waals surface area contributed by atoms with Crippen LogP contribution in [0, 0.1) is 0 Å². The van der Waals surface area contributed by atoms with E-state index in [1.165, 1.54) is 5.69 Å². The van der Waals surface area contributed by atoms with E-state index in [9.17, 15) is 4.79 Å². The molecular weight excluding hydrogens is 340 g/mol. The lowest BCUT2D eigenvalue weighted by Gasteiger charge is -2.38. The average molecular weight is 368 g/mol. The van der Waals surface area contributed by atoms with Crippen molar-refractivity contribution in [2.45, 2.75) is 19.9 Å². The molecule has 0 aromatic heterocycles. The summed E-state index contributed by atoms with van der Waals surface area (Å²) < 4.78 is 5.23. The molecule has 27 heavy (non-hydrogen) atoms. The molecule has 3 rings (SSSR count). The van der Waals surface area contributed by atoms with E-state index in [4.69, 9.17) is 10.5 Å². The molecule has 0 saturated carbocycles. The second kappa shape index (κ2) is 8.20. The largest absolute Gasteiger partial charge is 0.497 e. The lowest BCUT2D eigenvalue weighted by atomic mass is 10.1. The molecule has 0 aliphatic carbocycles. The minimum absolute atomic E-state index is 0.0788. The van der Waals surface area contributed by atoms with Crippen LogP contribution in [0.25, 0.3) is 0 Å². The maximum atomic E-state index is 12.6. The van der Waals surface area contributed by atoms with E-state index in [0.717, 1.165) is 37.6 Å². The lowest BCUT2D eigenvalue weighted by molar-refractivity contribution is 0.0943. The predicted octanol–water partition coefficient (Wildman–Crippen LogP) is 2.74. The van der Waals surface area contributed by atoms with Crippen molar-refractivity contribution in [3.63, 3.8) is 0 Å². The van der Waals surface area contributed by atoms with Gasteiger partial charge >= 0.3 is 0 Å². The molecule has 1 saturated heterocycles. The van der Waals surface area contributed by atoms with Gasteiger partial charge in [-0.1, -0.05) is 0 Å². The summed E-state index contributed by atoms with van der Waals surface area (Å²) in [5.41, 5.74) is 9.30. The molecule has 144 valence electrons. The monoisotopic (exact) mass is 368 g/mol. The number of anilines is 3. The summed E-state index contributed by atoms with van der Waals surface area (Å²) in [4.78, 5) is 17.2. The first kappa shape index (κ1) is 18.9. The van der Waals surface area contributed by atoms with Crippen LogP contribution >= 0.6 is 0 Å². The van der Waals surface area contributed by atoms with Crippen molar-refractivity contribution in [2.75, 3.05) is 48.8 Å². The van der Waals surface area contributed by atoms with E-state index in [1.807, 2.05) is 38.1 Å². The van der Waals surface area contributed by atoms with Crippen LogP contribution < -0.4 is 25.6 Å². The van der Waals surface area contributed by atoms with Crippen molar-refractivity contribution in [3.05, 3.63) is 48.0 Å². The van der Waals surface area contributed by atoms with E-state index in [2.05, 4.69) is 27.2 Å². The quantitative estimate of drug-likeness (QED) is 0.794. The van der Waals surface area contributed by atoms with E-state index < -0.39 is 0 Å². The van der Waals surface area contributed by atoms with E-state index in [0.29, 0.717) is 11.3 Å². The van der Waals surface area contributed by atoms with Gasteiger partial charge in [0.1, 0.15) is 5.75 Å². The summed E-state index contributed by atoms with van der Waals surface area (Å²) >= 11 is 0. The first-order valence-corrected chi connectivity index (χ1v) is 9.32. The lowest BCUT2D eigenvalue weighted by Crippen LogP contribution is -2.47. The number of carbonyl (C=O) groups is 1. The highest BCUT2D eigenvalue weighted by Gasteiger charge is 2.22. The van der Waals surface area contributed by atoms with Crippen LogP contribution in [0.4, 0.5) is 17.1 Å². The number of nitrogen functional groups attached to an aromatic ring is 1. The average Bonchev–Trinajstić information content (AvgIpc) is 2.67. The first-order chi connectivity index (χ1) is 13.0. The van der Waals surface area contributed by atoms with Gasteiger partial charge in [-0.15, -0.1) is 0 Å². The number of amides is 1. The number of methoxy groups -OCH3 is 1. The molecule has 3 N–H and O–H groups in total. The van der Waals surface area contributed by atoms with Gasteiger partial charge in [0.05, 0.1) is 12.7 Å². The molecule has 0 spiro atoms. The number of nitrogens with one attached hydrogen (secondary N) is 1. The van der Waals surface area contributed by atoms with Gasteiger partial charge in [-0.3, -0.25) is 4.79 Å². The van der Waals surface area contributed by atoms with Gasteiger partial charge in [0.2, 0.25) is 0 Å². The van der Waals surface area contributed by atoms with Gasteiger partial charge in [0, 0.05) is 49.3 Å². The van der Waals surface area contributed by atoms with Crippen LogP contribution in [0.15, 0.2) is 42.5 Å². The molecule has 1 amide bonds. The molecule has 6 heteroatoms. The molecule has 0 bridgehead atoms. The smallest absolute Gasteiger partial charge is 0.253 e. The van der Waals surface area contributed by atoms with Gasteiger partial charge in [0.25, 0.3) is 5.91 Å². The van der Waals surface area contributed by atoms with Crippen LogP contribution in [0.5, 0.6) is 5.75 Å². The first-order valence-electron chi connectivity index (χ1n) is 9.32. The number of nitrogens with zero attached hydrogens (tertiary/aromatic N) is 2. The Morgan fingerprint density at radius 1 is 1.04 bits per heavy atom. The summed E-state index contributed by atoms with van der Waals surface area (Å²) in [5, 5.41) is 2.97. The topological polar surface area (TPSA) is 70.8 Å². The van der Waals surface area contributed by atoms with Gasteiger partial charge in [-0.05, 0) is 56.3 Å². The van der Waals surface area contributed by atoms with Crippen molar-refractivity contribution >= 4 is 23.0 Å². The molecule has 0 unspecified atom stereocenters. The third kappa shape index (κ3) is 4.45. The number of hydrogen-bond donors (Lipinski definition) is 2. The normalized spacial score (nSPS) is 14.4. The highest BCUT2D eigenvalue weighted by atomic mass is 16.5. The number of benzene rings is 2. The minimum atomic E-state index is -0.0788. The highest BCUT2D eigenvalue weighted by molar-refractivity contribution is 6.01. The minimum Gasteiger partial charge on any atom is -0.497 e. The van der Waals surface area contributed by atoms with E-state index >= 15 is 0 Å². The zero-order chi connectivity index (χ0) is 19.4. The van der Waals surface area contributed by atoms with Crippen molar-refractivity contribution in [1.82, 2.24) is 5.32 Å². The highest BCUT2D eigenvalue weighted by Crippen LogP contribution is 2.26.